The summed E-state index contributed by atoms with van der Waals surface area (Å²) in [4.78, 5) is 38.4. The zero-order chi connectivity index (χ0) is 17.1. The molecule has 7 heteroatoms. The van der Waals surface area contributed by atoms with Crippen molar-refractivity contribution < 1.29 is 19.5 Å². The number of aliphatic carboxylic acids is 1. The van der Waals surface area contributed by atoms with Crippen LogP contribution in [0.5, 0.6) is 0 Å². The van der Waals surface area contributed by atoms with Gasteiger partial charge >= 0.3 is 5.97 Å². The number of nitrogens with one attached hydrogen (secondary N) is 1. The molecule has 1 unspecified atom stereocenters. The van der Waals surface area contributed by atoms with Gasteiger partial charge in [0, 0.05) is 39.2 Å². The summed E-state index contributed by atoms with van der Waals surface area (Å²) in [6, 6.07) is 5.12. The quantitative estimate of drug-likeness (QED) is 0.872. The van der Waals surface area contributed by atoms with Crippen molar-refractivity contribution >= 4 is 29.2 Å². The molecule has 0 bridgehead atoms. The average molecular weight is 319 g/mol. The molecule has 0 spiro atoms. The summed E-state index contributed by atoms with van der Waals surface area (Å²) in [7, 11) is 3.46. The topological polar surface area (TPSA) is 90.0 Å². The van der Waals surface area contributed by atoms with E-state index in [1.807, 2.05) is 11.9 Å². The van der Waals surface area contributed by atoms with Crippen molar-refractivity contribution in [2.24, 2.45) is 5.92 Å². The zero-order valence-electron chi connectivity index (χ0n) is 13.5. The van der Waals surface area contributed by atoms with E-state index in [1.54, 1.807) is 32.2 Å². The predicted octanol–water partition coefficient (Wildman–Crippen LogP) is 1.26. The number of nitrogens with zero attached hydrogens (tertiary/aromatic N) is 2. The van der Waals surface area contributed by atoms with Crippen molar-refractivity contribution in [3.8, 4) is 0 Å². The summed E-state index contributed by atoms with van der Waals surface area (Å²) in [6.45, 7) is 2.29. The highest BCUT2D eigenvalue weighted by molar-refractivity contribution is 6.00. The Bertz CT molecular complexity index is 644. The number of carbonyl (C=O) groups excluding carboxylic acids is 2. The van der Waals surface area contributed by atoms with Crippen molar-refractivity contribution in [3.63, 3.8) is 0 Å². The van der Waals surface area contributed by atoms with Gasteiger partial charge in [-0.05, 0) is 18.2 Å². The monoisotopic (exact) mass is 319 g/mol. The zero-order valence-corrected chi connectivity index (χ0v) is 13.5. The maximum atomic E-state index is 12.4. The lowest BCUT2D eigenvalue weighted by Gasteiger charge is -2.22. The van der Waals surface area contributed by atoms with Crippen molar-refractivity contribution in [1.82, 2.24) is 4.90 Å². The Labute approximate surface area is 134 Å². The number of carbonyl (C=O) groups is 3. The van der Waals surface area contributed by atoms with Gasteiger partial charge in [0.25, 0.3) is 5.91 Å². The molecular formula is C16H21N3O4. The van der Waals surface area contributed by atoms with Gasteiger partial charge < -0.3 is 20.2 Å². The molecular weight excluding hydrogens is 298 g/mol. The highest BCUT2D eigenvalue weighted by atomic mass is 16.4. The number of carboxylic acids is 1. The second-order valence-electron chi connectivity index (χ2n) is 5.88. The van der Waals surface area contributed by atoms with Crippen molar-refractivity contribution in [3.05, 3.63) is 23.8 Å². The molecule has 1 atom stereocenters. The lowest BCUT2D eigenvalue weighted by molar-refractivity contribution is -0.141. The summed E-state index contributed by atoms with van der Waals surface area (Å²) in [5, 5.41) is 11.7. The van der Waals surface area contributed by atoms with Crippen LogP contribution in [0.1, 0.15) is 23.7 Å². The van der Waals surface area contributed by atoms with Gasteiger partial charge in [-0.3, -0.25) is 14.4 Å². The Morgan fingerprint density at radius 2 is 2.13 bits per heavy atom. The molecule has 0 radical (unpaired) electrons. The van der Waals surface area contributed by atoms with Gasteiger partial charge in [-0.15, -0.1) is 0 Å². The van der Waals surface area contributed by atoms with Gasteiger partial charge in [-0.2, -0.15) is 0 Å². The largest absolute Gasteiger partial charge is 0.481 e. The van der Waals surface area contributed by atoms with E-state index in [2.05, 4.69) is 5.32 Å². The average Bonchev–Trinajstić information content (AvgIpc) is 2.64. The van der Waals surface area contributed by atoms with E-state index < -0.39 is 11.9 Å². The Kier molecular flexibility index (Phi) is 4.88. The number of hydrogen-bond acceptors (Lipinski definition) is 4. The third kappa shape index (κ3) is 3.80. The van der Waals surface area contributed by atoms with Gasteiger partial charge in [-0.1, -0.05) is 6.92 Å². The molecule has 7 nitrogen and oxygen atoms in total. The maximum Gasteiger partial charge on any atom is 0.308 e. The van der Waals surface area contributed by atoms with Crippen LogP contribution in [0.15, 0.2) is 18.2 Å². The number of anilines is 2. The van der Waals surface area contributed by atoms with Crippen LogP contribution in [0.3, 0.4) is 0 Å². The van der Waals surface area contributed by atoms with Crippen molar-refractivity contribution in [2.45, 2.75) is 13.3 Å². The van der Waals surface area contributed by atoms with Crippen LogP contribution in [0.4, 0.5) is 11.4 Å². The van der Waals surface area contributed by atoms with Gasteiger partial charge in [0.1, 0.15) is 0 Å². The Morgan fingerprint density at radius 3 is 2.78 bits per heavy atom. The molecule has 0 saturated heterocycles. The van der Waals surface area contributed by atoms with Crippen LogP contribution < -0.4 is 10.2 Å². The molecule has 0 fully saturated rings. The lowest BCUT2D eigenvalue weighted by Crippen LogP contribution is -2.33. The summed E-state index contributed by atoms with van der Waals surface area (Å²) in [5.41, 5.74) is 1.87. The van der Waals surface area contributed by atoms with E-state index in [0.717, 1.165) is 5.69 Å². The van der Waals surface area contributed by atoms with Gasteiger partial charge in [0.15, 0.2) is 0 Å². The molecule has 0 saturated carbocycles. The number of hydrogen-bond donors (Lipinski definition) is 2. The summed E-state index contributed by atoms with van der Waals surface area (Å²) >= 11 is 0. The fourth-order valence-electron chi connectivity index (χ4n) is 2.50. The first-order valence-corrected chi connectivity index (χ1v) is 7.43. The number of fused-ring (bicyclic) bond motifs is 1. The second-order valence-corrected chi connectivity index (χ2v) is 5.88. The SMILES string of the molecule is CC(CN(C)C(=O)c1ccc2c(c1)NC(=O)CCN2C)C(=O)O. The summed E-state index contributed by atoms with van der Waals surface area (Å²) in [5.74, 6) is -1.95. The van der Waals surface area contributed by atoms with Crippen LogP contribution in [-0.2, 0) is 9.59 Å². The predicted molar refractivity (Wildman–Crippen MR) is 86.7 cm³/mol. The molecule has 0 aliphatic carbocycles. The normalized spacial score (nSPS) is 15.3. The molecule has 2 rings (SSSR count). The minimum atomic E-state index is -0.944. The van der Waals surface area contributed by atoms with Crippen LogP contribution in [0, 0.1) is 5.92 Å². The molecule has 1 aromatic rings. The van der Waals surface area contributed by atoms with Gasteiger partial charge in [0.05, 0.1) is 17.3 Å². The Morgan fingerprint density at radius 1 is 1.43 bits per heavy atom. The Balaban J connectivity index is 2.22. The number of rotatable bonds is 4. The fourth-order valence-corrected chi connectivity index (χ4v) is 2.50. The Hall–Kier alpha value is -2.57. The third-order valence-corrected chi connectivity index (χ3v) is 3.92. The molecule has 1 aliphatic heterocycles. The van der Waals surface area contributed by atoms with E-state index >= 15 is 0 Å². The van der Waals surface area contributed by atoms with Crippen LogP contribution in [0.2, 0.25) is 0 Å². The van der Waals surface area contributed by atoms with E-state index in [4.69, 9.17) is 5.11 Å². The highest BCUT2D eigenvalue weighted by Crippen LogP contribution is 2.29. The third-order valence-electron chi connectivity index (χ3n) is 3.92. The first kappa shape index (κ1) is 16.8. The van der Waals surface area contributed by atoms with Crippen LogP contribution in [-0.4, -0.2) is 55.0 Å². The van der Waals surface area contributed by atoms with Crippen molar-refractivity contribution in [2.75, 3.05) is 37.4 Å². The molecule has 23 heavy (non-hydrogen) atoms. The van der Waals surface area contributed by atoms with E-state index in [0.29, 0.717) is 24.2 Å². The smallest absolute Gasteiger partial charge is 0.308 e. The van der Waals surface area contributed by atoms with Gasteiger partial charge in [0.2, 0.25) is 5.91 Å². The standard InChI is InChI=1S/C16H21N3O4/c1-10(16(22)23)9-19(3)15(21)11-4-5-13-12(8-11)17-14(20)6-7-18(13)2/h4-5,8,10H,6-7,9H2,1-3H3,(H,17,20)(H,22,23). The number of benzene rings is 1. The van der Waals surface area contributed by atoms with E-state index in [9.17, 15) is 14.4 Å². The highest BCUT2D eigenvalue weighted by Gasteiger charge is 2.21. The minimum Gasteiger partial charge on any atom is -0.481 e. The first-order valence-electron chi connectivity index (χ1n) is 7.43. The maximum absolute atomic E-state index is 12.4. The molecule has 2 amide bonds. The second kappa shape index (κ2) is 6.68. The molecule has 2 N–H and O–H groups in total. The van der Waals surface area contributed by atoms with Crippen molar-refractivity contribution in [1.29, 1.82) is 0 Å². The molecule has 0 aromatic heterocycles. The number of carboxylic acid groups (broad SMARTS) is 1. The summed E-state index contributed by atoms with van der Waals surface area (Å²) < 4.78 is 0. The van der Waals surface area contributed by atoms with E-state index in [-0.39, 0.29) is 18.4 Å². The fraction of sp³-hybridized carbons (Fsp3) is 0.438. The van der Waals surface area contributed by atoms with Gasteiger partial charge in [-0.25, -0.2) is 0 Å². The molecule has 124 valence electrons. The van der Waals surface area contributed by atoms with E-state index in [1.165, 1.54) is 4.90 Å². The minimum absolute atomic E-state index is 0.0898. The molecule has 1 aliphatic rings. The molecule has 1 heterocycles. The summed E-state index contributed by atoms with van der Waals surface area (Å²) in [6.07, 6.45) is 0.393. The number of amides is 2. The molecule has 1 aromatic carbocycles. The van der Waals surface area contributed by atoms with Crippen LogP contribution in [0.25, 0.3) is 0 Å². The first-order chi connectivity index (χ1) is 10.8. The lowest BCUT2D eigenvalue weighted by atomic mass is 10.1. The van der Waals surface area contributed by atoms with Crippen LogP contribution >= 0.6 is 0 Å².